The standard InChI is InChI=1S/C8H13ClN4O2S/c1-5(4-16(3)14)10-7-11-6(9)12-8(13-7)15-2/h5H,4H2,1-3H3,(H,10,11,12,13). The van der Waals surface area contributed by atoms with E-state index in [0.717, 1.165) is 0 Å². The molecular weight excluding hydrogens is 252 g/mol. The summed E-state index contributed by atoms with van der Waals surface area (Å²) in [7, 11) is 0.565. The largest absolute Gasteiger partial charge is 0.467 e. The van der Waals surface area contributed by atoms with Crippen LogP contribution in [0, 0.1) is 0 Å². The van der Waals surface area contributed by atoms with Crippen LogP contribution < -0.4 is 10.1 Å². The van der Waals surface area contributed by atoms with E-state index in [1.54, 1.807) is 6.26 Å². The highest BCUT2D eigenvalue weighted by molar-refractivity contribution is 7.84. The van der Waals surface area contributed by atoms with Gasteiger partial charge in [-0.3, -0.25) is 4.21 Å². The van der Waals surface area contributed by atoms with E-state index in [1.165, 1.54) is 7.11 Å². The van der Waals surface area contributed by atoms with Crippen LogP contribution in [0.15, 0.2) is 0 Å². The van der Waals surface area contributed by atoms with Crippen molar-refractivity contribution in [3.05, 3.63) is 5.28 Å². The molecule has 0 spiro atoms. The number of nitrogens with zero attached hydrogens (tertiary/aromatic N) is 3. The lowest BCUT2D eigenvalue weighted by Gasteiger charge is -2.12. The van der Waals surface area contributed by atoms with Gasteiger partial charge in [-0.15, -0.1) is 0 Å². The van der Waals surface area contributed by atoms with Crippen LogP contribution in [0.1, 0.15) is 6.92 Å². The molecule has 1 rings (SSSR count). The number of ether oxygens (including phenoxy) is 1. The zero-order valence-electron chi connectivity index (χ0n) is 9.23. The Kier molecular flexibility index (Phi) is 4.88. The van der Waals surface area contributed by atoms with Crippen molar-refractivity contribution in [3.8, 4) is 6.01 Å². The van der Waals surface area contributed by atoms with E-state index < -0.39 is 10.8 Å². The van der Waals surface area contributed by atoms with Crippen molar-refractivity contribution >= 4 is 28.3 Å². The molecule has 0 radical (unpaired) electrons. The number of halogens is 1. The van der Waals surface area contributed by atoms with Gasteiger partial charge in [-0.25, -0.2) is 0 Å². The summed E-state index contributed by atoms with van der Waals surface area (Å²) in [4.78, 5) is 11.6. The second-order valence-electron chi connectivity index (χ2n) is 3.20. The summed E-state index contributed by atoms with van der Waals surface area (Å²) in [6, 6.07) is 0.126. The quantitative estimate of drug-likeness (QED) is 0.844. The molecule has 2 unspecified atom stereocenters. The minimum absolute atomic E-state index is 0.0194. The first-order valence-electron chi connectivity index (χ1n) is 4.53. The van der Waals surface area contributed by atoms with Crippen LogP contribution in [-0.2, 0) is 10.8 Å². The Labute approximate surface area is 101 Å². The number of rotatable bonds is 5. The average molecular weight is 265 g/mol. The molecule has 90 valence electrons. The van der Waals surface area contributed by atoms with Gasteiger partial charge in [0.2, 0.25) is 11.2 Å². The summed E-state index contributed by atoms with van der Waals surface area (Å²) in [6.45, 7) is 1.88. The molecule has 16 heavy (non-hydrogen) atoms. The number of methoxy groups -OCH3 is 1. The SMILES string of the molecule is COc1nc(Cl)nc(NC(C)CS(C)=O)n1. The van der Waals surface area contributed by atoms with Gasteiger partial charge in [0.05, 0.1) is 7.11 Å². The van der Waals surface area contributed by atoms with Crippen molar-refractivity contribution in [1.29, 1.82) is 0 Å². The summed E-state index contributed by atoms with van der Waals surface area (Å²) in [5.41, 5.74) is 0. The monoisotopic (exact) mass is 264 g/mol. The topological polar surface area (TPSA) is 77.0 Å². The normalized spacial score (nSPS) is 14.2. The number of anilines is 1. The highest BCUT2D eigenvalue weighted by Gasteiger charge is 2.09. The van der Waals surface area contributed by atoms with E-state index in [0.29, 0.717) is 11.7 Å². The smallest absolute Gasteiger partial charge is 0.322 e. The molecule has 0 aromatic carbocycles. The van der Waals surface area contributed by atoms with Gasteiger partial charge in [-0.2, -0.15) is 15.0 Å². The second kappa shape index (κ2) is 5.95. The Bertz CT molecular complexity index is 390. The van der Waals surface area contributed by atoms with Crippen molar-refractivity contribution in [3.63, 3.8) is 0 Å². The van der Waals surface area contributed by atoms with Crippen LogP contribution in [0.5, 0.6) is 6.01 Å². The molecule has 1 N–H and O–H groups in total. The summed E-state index contributed by atoms with van der Waals surface area (Å²) in [5, 5.41) is 3.02. The Hall–Kier alpha value is -0.950. The first kappa shape index (κ1) is 13.1. The summed E-state index contributed by atoms with van der Waals surface area (Å²) >= 11 is 5.68. The molecule has 0 aliphatic carbocycles. The number of hydrogen-bond acceptors (Lipinski definition) is 6. The minimum atomic E-state index is -0.880. The fraction of sp³-hybridized carbons (Fsp3) is 0.625. The average Bonchev–Trinajstić information content (AvgIpc) is 2.14. The van der Waals surface area contributed by atoms with E-state index in [9.17, 15) is 4.21 Å². The lowest BCUT2D eigenvalue weighted by atomic mass is 10.4. The van der Waals surface area contributed by atoms with Crippen molar-refractivity contribution in [1.82, 2.24) is 15.0 Å². The molecule has 0 bridgehead atoms. The Morgan fingerprint density at radius 1 is 1.50 bits per heavy atom. The number of nitrogens with one attached hydrogen (secondary N) is 1. The van der Waals surface area contributed by atoms with E-state index >= 15 is 0 Å². The molecule has 0 amide bonds. The van der Waals surface area contributed by atoms with Crippen molar-refractivity contribution in [2.24, 2.45) is 0 Å². The first-order chi connectivity index (χ1) is 7.51. The lowest BCUT2D eigenvalue weighted by Crippen LogP contribution is -2.23. The van der Waals surface area contributed by atoms with Gasteiger partial charge >= 0.3 is 6.01 Å². The van der Waals surface area contributed by atoms with E-state index in [2.05, 4.69) is 20.3 Å². The minimum Gasteiger partial charge on any atom is -0.467 e. The van der Waals surface area contributed by atoms with Crippen LogP contribution in [0.25, 0.3) is 0 Å². The number of aromatic nitrogens is 3. The van der Waals surface area contributed by atoms with Gasteiger partial charge < -0.3 is 10.1 Å². The van der Waals surface area contributed by atoms with Gasteiger partial charge in [-0.05, 0) is 18.5 Å². The zero-order chi connectivity index (χ0) is 12.1. The Morgan fingerprint density at radius 2 is 2.19 bits per heavy atom. The fourth-order valence-corrected chi connectivity index (χ4v) is 2.04. The van der Waals surface area contributed by atoms with E-state index in [1.807, 2.05) is 6.92 Å². The van der Waals surface area contributed by atoms with Crippen LogP contribution in [0.2, 0.25) is 5.28 Å². The molecule has 0 fully saturated rings. The van der Waals surface area contributed by atoms with Gasteiger partial charge in [0.1, 0.15) is 0 Å². The summed E-state index contributed by atoms with van der Waals surface area (Å²) in [5.74, 6) is 0.820. The van der Waals surface area contributed by atoms with Crippen molar-refractivity contribution < 1.29 is 8.95 Å². The van der Waals surface area contributed by atoms with Crippen LogP contribution >= 0.6 is 11.6 Å². The van der Waals surface area contributed by atoms with E-state index in [-0.39, 0.29) is 17.3 Å². The van der Waals surface area contributed by atoms with Crippen molar-refractivity contribution in [2.75, 3.05) is 24.4 Å². The molecule has 2 atom stereocenters. The number of hydrogen-bond donors (Lipinski definition) is 1. The molecule has 0 aliphatic heterocycles. The molecule has 1 heterocycles. The van der Waals surface area contributed by atoms with Gasteiger partial charge in [0.15, 0.2) is 0 Å². The van der Waals surface area contributed by atoms with Gasteiger partial charge in [0.25, 0.3) is 0 Å². The molecule has 0 aliphatic rings. The molecular formula is C8H13ClN4O2S. The van der Waals surface area contributed by atoms with E-state index in [4.69, 9.17) is 16.3 Å². The van der Waals surface area contributed by atoms with Gasteiger partial charge in [0, 0.05) is 28.9 Å². The second-order valence-corrected chi connectivity index (χ2v) is 5.02. The molecule has 1 aromatic heterocycles. The molecule has 1 aromatic rings. The third-order valence-corrected chi connectivity index (χ3v) is 2.77. The van der Waals surface area contributed by atoms with Crippen LogP contribution in [0.4, 0.5) is 5.95 Å². The lowest BCUT2D eigenvalue weighted by molar-refractivity contribution is 0.378. The Morgan fingerprint density at radius 3 is 2.75 bits per heavy atom. The summed E-state index contributed by atoms with van der Waals surface area (Å²) < 4.78 is 15.9. The fourth-order valence-electron chi connectivity index (χ4n) is 1.10. The third kappa shape index (κ3) is 4.28. The maximum atomic E-state index is 11.0. The predicted octanol–water partition coefficient (Wildman–Crippen LogP) is 0.712. The Balaban J connectivity index is 2.72. The maximum absolute atomic E-state index is 11.0. The first-order valence-corrected chi connectivity index (χ1v) is 6.64. The maximum Gasteiger partial charge on any atom is 0.322 e. The molecule has 0 saturated heterocycles. The molecule has 6 nitrogen and oxygen atoms in total. The highest BCUT2D eigenvalue weighted by Crippen LogP contribution is 2.11. The molecule has 8 heteroatoms. The predicted molar refractivity (Wildman–Crippen MR) is 63.4 cm³/mol. The third-order valence-electron chi connectivity index (χ3n) is 1.63. The molecule has 0 saturated carbocycles. The van der Waals surface area contributed by atoms with Crippen molar-refractivity contribution in [2.45, 2.75) is 13.0 Å². The highest BCUT2D eigenvalue weighted by atomic mass is 35.5. The summed E-state index contributed by atoms with van der Waals surface area (Å²) in [6.07, 6.45) is 1.64. The van der Waals surface area contributed by atoms with Crippen LogP contribution in [0.3, 0.4) is 0 Å². The van der Waals surface area contributed by atoms with Crippen LogP contribution in [-0.4, -0.2) is 44.3 Å². The van der Waals surface area contributed by atoms with Gasteiger partial charge in [-0.1, -0.05) is 0 Å². The zero-order valence-corrected chi connectivity index (χ0v) is 10.8.